The van der Waals surface area contributed by atoms with E-state index < -0.39 is 17.9 Å². The van der Waals surface area contributed by atoms with Gasteiger partial charge in [-0.3, -0.25) is 9.59 Å². The Morgan fingerprint density at radius 3 is 2.64 bits per heavy atom. The highest BCUT2D eigenvalue weighted by Gasteiger charge is 2.17. The third-order valence-corrected chi connectivity index (χ3v) is 3.93. The molecule has 0 fully saturated rings. The van der Waals surface area contributed by atoms with Crippen LogP contribution in [0.4, 0.5) is 0 Å². The van der Waals surface area contributed by atoms with E-state index >= 15 is 0 Å². The quantitative estimate of drug-likeness (QED) is 0.401. The summed E-state index contributed by atoms with van der Waals surface area (Å²) < 4.78 is 5.44. The molecule has 0 bridgehead atoms. The number of carbonyl (C=O) groups is 2. The molecule has 0 aliphatic carbocycles. The predicted molar refractivity (Wildman–Crippen MR) is 105 cm³/mol. The van der Waals surface area contributed by atoms with E-state index in [1.807, 2.05) is 0 Å². The second-order valence-corrected chi connectivity index (χ2v) is 6.43. The number of carbonyl (C=O) groups excluding carboxylic acids is 2. The Morgan fingerprint density at radius 2 is 1.96 bits per heavy atom. The number of hydrazone groups is 1. The van der Waals surface area contributed by atoms with Gasteiger partial charge in [-0.05, 0) is 37.3 Å². The summed E-state index contributed by atoms with van der Waals surface area (Å²) >= 11 is 11.8. The molecular weight excluding hydrogens is 409 g/mol. The van der Waals surface area contributed by atoms with E-state index in [1.165, 1.54) is 37.4 Å². The molecule has 8 nitrogen and oxygen atoms in total. The number of phenolic OH excluding ortho intramolecular Hbond substituents is 2. The van der Waals surface area contributed by atoms with E-state index in [-0.39, 0.29) is 28.8 Å². The first kappa shape index (κ1) is 21.3. The Labute approximate surface area is 170 Å². The lowest BCUT2D eigenvalue weighted by atomic mass is 10.2. The summed E-state index contributed by atoms with van der Waals surface area (Å²) in [6, 6.07) is 8.51. The summed E-state index contributed by atoms with van der Waals surface area (Å²) in [5.41, 5.74) is 2.49. The smallest absolute Gasteiger partial charge is 0.261 e. The minimum Gasteiger partial charge on any atom is -0.508 e. The van der Waals surface area contributed by atoms with Crippen LogP contribution in [0.1, 0.15) is 12.5 Å². The molecule has 148 valence electrons. The van der Waals surface area contributed by atoms with Crippen LogP contribution in [0.15, 0.2) is 41.5 Å². The normalized spacial score (nSPS) is 11.8. The van der Waals surface area contributed by atoms with Crippen molar-refractivity contribution in [3.8, 4) is 17.2 Å². The molecule has 0 heterocycles. The van der Waals surface area contributed by atoms with Crippen molar-refractivity contribution in [2.24, 2.45) is 5.10 Å². The van der Waals surface area contributed by atoms with Crippen molar-refractivity contribution in [1.29, 1.82) is 0 Å². The van der Waals surface area contributed by atoms with Gasteiger partial charge in [0, 0.05) is 16.7 Å². The van der Waals surface area contributed by atoms with Crippen LogP contribution in [0.5, 0.6) is 17.2 Å². The molecule has 28 heavy (non-hydrogen) atoms. The molecule has 0 radical (unpaired) electrons. The number of aromatic hydroxyl groups is 2. The number of benzene rings is 2. The predicted octanol–water partition coefficient (Wildman–Crippen LogP) is 2.44. The lowest BCUT2D eigenvalue weighted by Crippen LogP contribution is -2.41. The molecule has 2 rings (SSSR count). The largest absolute Gasteiger partial charge is 0.508 e. The molecule has 0 aromatic heterocycles. The van der Waals surface area contributed by atoms with Crippen molar-refractivity contribution in [1.82, 2.24) is 10.7 Å². The zero-order valence-corrected chi connectivity index (χ0v) is 16.2. The summed E-state index contributed by atoms with van der Waals surface area (Å²) in [4.78, 5) is 23.8. The van der Waals surface area contributed by atoms with Crippen LogP contribution in [-0.2, 0) is 9.59 Å². The fourth-order valence-corrected chi connectivity index (χ4v) is 2.43. The molecule has 4 N–H and O–H groups in total. The maximum absolute atomic E-state index is 12.0. The maximum Gasteiger partial charge on any atom is 0.261 e. The van der Waals surface area contributed by atoms with E-state index in [1.54, 1.807) is 6.07 Å². The standard InChI is InChI=1S/C18H17Cl2N3O5/c1-10(28-16-5-3-12(19)6-14(16)20)18(27)21-9-17(26)23-22-8-11-2-4-13(24)7-15(11)25/h2-8,10,24-25H,9H2,1H3,(H,21,27)(H,23,26)/b22-8-/t10-/m0/s1. The van der Waals surface area contributed by atoms with Gasteiger partial charge in [0.2, 0.25) is 0 Å². The van der Waals surface area contributed by atoms with Gasteiger partial charge in [-0.15, -0.1) is 0 Å². The minimum atomic E-state index is -0.899. The number of amides is 2. The van der Waals surface area contributed by atoms with Gasteiger partial charge in [-0.1, -0.05) is 23.2 Å². The number of nitrogens with one attached hydrogen (secondary N) is 2. The molecule has 0 unspecified atom stereocenters. The Kier molecular flexibility index (Phi) is 7.48. The minimum absolute atomic E-state index is 0.0994. The van der Waals surface area contributed by atoms with Crippen LogP contribution >= 0.6 is 23.2 Å². The average molecular weight is 426 g/mol. The highest BCUT2D eigenvalue weighted by Crippen LogP contribution is 2.28. The molecule has 0 aliphatic rings. The number of phenols is 2. The van der Waals surface area contributed by atoms with Crippen LogP contribution in [0.25, 0.3) is 0 Å². The third-order valence-electron chi connectivity index (χ3n) is 3.40. The van der Waals surface area contributed by atoms with Crippen molar-refractivity contribution >= 4 is 41.2 Å². The molecule has 0 saturated carbocycles. The summed E-state index contributed by atoms with van der Waals surface area (Å²) in [7, 11) is 0. The van der Waals surface area contributed by atoms with Crippen LogP contribution < -0.4 is 15.5 Å². The van der Waals surface area contributed by atoms with Gasteiger partial charge in [0.25, 0.3) is 11.8 Å². The zero-order chi connectivity index (χ0) is 20.7. The SMILES string of the molecule is C[C@H](Oc1ccc(Cl)cc1Cl)C(=O)NCC(=O)N/N=C\c1ccc(O)cc1O. The van der Waals surface area contributed by atoms with Crippen LogP contribution in [-0.4, -0.2) is 40.9 Å². The molecule has 1 atom stereocenters. The summed E-state index contributed by atoms with van der Waals surface area (Å²) in [6.45, 7) is 1.17. The number of hydrogen-bond donors (Lipinski definition) is 4. The van der Waals surface area contributed by atoms with E-state index in [0.717, 1.165) is 6.07 Å². The summed E-state index contributed by atoms with van der Waals surface area (Å²) in [5.74, 6) is -1.12. The van der Waals surface area contributed by atoms with Gasteiger partial charge in [0.15, 0.2) is 6.10 Å². The second-order valence-electron chi connectivity index (χ2n) is 5.59. The number of nitrogens with zero attached hydrogens (tertiary/aromatic N) is 1. The van der Waals surface area contributed by atoms with Crippen molar-refractivity contribution in [3.63, 3.8) is 0 Å². The summed E-state index contributed by atoms with van der Waals surface area (Å²) in [6.07, 6.45) is 0.298. The topological polar surface area (TPSA) is 120 Å². The Morgan fingerprint density at radius 1 is 1.21 bits per heavy atom. The molecule has 2 aromatic rings. The average Bonchev–Trinajstić information content (AvgIpc) is 2.63. The van der Waals surface area contributed by atoms with E-state index in [4.69, 9.17) is 27.9 Å². The molecule has 10 heteroatoms. The lowest BCUT2D eigenvalue weighted by molar-refractivity contribution is -0.130. The fourth-order valence-electron chi connectivity index (χ4n) is 1.98. The maximum atomic E-state index is 12.0. The summed E-state index contributed by atoms with van der Waals surface area (Å²) in [5, 5.41) is 25.6. The molecule has 2 aromatic carbocycles. The Hall–Kier alpha value is -2.97. The van der Waals surface area contributed by atoms with Crippen molar-refractivity contribution in [2.45, 2.75) is 13.0 Å². The lowest BCUT2D eigenvalue weighted by Gasteiger charge is -2.15. The van der Waals surface area contributed by atoms with Crippen molar-refractivity contribution in [3.05, 3.63) is 52.0 Å². The van der Waals surface area contributed by atoms with Gasteiger partial charge in [-0.2, -0.15) is 5.10 Å². The number of rotatable bonds is 7. The van der Waals surface area contributed by atoms with Gasteiger partial charge in [0.05, 0.1) is 17.8 Å². The number of ether oxygens (including phenoxy) is 1. The van der Waals surface area contributed by atoms with Gasteiger partial charge < -0.3 is 20.3 Å². The monoisotopic (exact) mass is 425 g/mol. The second kappa shape index (κ2) is 9.82. The van der Waals surface area contributed by atoms with Crippen molar-refractivity contribution in [2.75, 3.05) is 6.54 Å². The third kappa shape index (κ3) is 6.33. The number of hydrogen-bond acceptors (Lipinski definition) is 6. The van der Waals surface area contributed by atoms with Gasteiger partial charge >= 0.3 is 0 Å². The molecular formula is C18H17Cl2N3O5. The molecule has 0 spiro atoms. The first-order chi connectivity index (χ1) is 13.3. The zero-order valence-electron chi connectivity index (χ0n) is 14.6. The van der Waals surface area contributed by atoms with E-state index in [9.17, 15) is 19.8 Å². The molecule has 0 saturated heterocycles. The Balaban J connectivity index is 1.79. The highest BCUT2D eigenvalue weighted by atomic mass is 35.5. The van der Waals surface area contributed by atoms with Crippen LogP contribution in [0.2, 0.25) is 10.0 Å². The highest BCUT2D eigenvalue weighted by molar-refractivity contribution is 6.35. The first-order valence-electron chi connectivity index (χ1n) is 7.99. The fraction of sp³-hybridized carbons (Fsp3) is 0.167. The number of halogens is 2. The molecule has 0 aliphatic heterocycles. The van der Waals surface area contributed by atoms with Crippen LogP contribution in [0.3, 0.4) is 0 Å². The van der Waals surface area contributed by atoms with Gasteiger partial charge in [-0.25, -0.2) is 5.43 Å². The van der Waals surface area contributed by atoms with E-state index in [2.05, 4.69) is 15.8 Å². The van der Waals surface area contributed by atoms with Crippen molar-refractivity contribution < 1.29 is 24.5 Å². The molecule has 2 amide bonds. The Bertz CT molecular complexity index is 905. The first-order valence-corrected chi connectivity index (χ1v) is 8.75. The van der Waals surface area contributed by atoms with E-state index in [0.29, 0.717) is 10.6 Å². The van der Waals surface area contributed by atoms with Crippen LogP contribution in [0, 0.1) is 0 Å². The van der Waals surface area contributed by atoms with Gasteiger partial charge in [0.1, 0.15) is 17.2 Å².